The van der Waals surface area contributed by atoms with E-state index in [0.29, 0.717) is 17.1 Å². The van der Waals surface area contributed by atoms with Crippen LogP contribution < -0.4 is 0 Å². The molecule has 0 aliphatic carbocycles. The van der Waals surface area contributed by atoms with Crippen molar-refractivity contribution in [3.05, 3.63) is 41.2 Å². The van der Waals surface area contributed by atoms with Gasteiger partial charge in [0.15, 0.2) is 0 Å². The molecule has 3 nitrogen and oxygen atoms in total. The fraction of sp³-hybridized carbons (Fsp3) is 0.273. The Morgan fingerprint density at radius 3 is 3.00 bits per heavy atom. The Labute approximate surface area is 93.4 Å². The molecular formula is C11H11ClN2O. The highest BCUT2D eigenvalue weighted by Crippen LogP contribution is 2.16. The number of carbonyl (C=O) groups is 1. The zero-order valence-corrected chi connectivity index (χ0v) is 8.94. The maximum atomic E-state index is 12.0. The van der Waals surface area contributed by atoms with Crippen LogP contribution in [0.15, 0.2) is 30.6 Å². The number of nitrogens with zero attached hydrogens (tertiary/aromatic N) is 2. The summed E-state index contributed by atoms with van der Waals surface area (Å²) < 4.78 is 0. The summed E-state index contributed by atoms with van der Waals surface area (Å²) in [5, 5.41) is 0.414. The summed E-state index contributed by atoms with van der Waals surface area (Å²) in [5.41, 5.74) is 0.530. The van der Waals surface area contributed by atoms with Crippen LogP contribution in [0.3, 0.4) is 0 Å². The summed E-state index contributed by atoms with van der Waals surface area (Å²) in [6, 6.07) is 1.66. The van der Waals surface area contributed by atoms with Crippen molar-refractivity contribution in [2.24, 2.45) is 0 Å². The molecule has 0 unspecified atom stereocenters. The third kappa shape index (κ3) is 2.18. The SMILES string of the molecule is O=C(c1ccncc1Cl)N1CC=CCC1. The van der Waals surface area contributed by atoms with Gasteiger partial charge in [-0.1, -0.05) is 23.8 Å². The molecule has 0 spiro atoms. The van der Waals surface area contributed by atoms with Crippen LogP contribution >= 0.6 is 11.6 Å². The molecular weight excluding hydrogens is 212 g/mol. The molecule has 4 heteroatoms. The first kappa shape index (κ1) is 10.2. The van der Waals surface area contributed by atoms with Crippen molar-refractivity contribution in [2.75, 3.05) is 13.1 Å². The molecule has 2 rings (SSSR count). The van der Waals surface area contributed by atoms with Crippen molar-refractivity contribution < 1.29 is 4.79 Å². The second-order valence-electron chi connectivity index (χ2n) is 3.37. The van der Waals surface area contributed by atoms with E-state index in [0.717, 1.165) is 13.0 Å². The van der Waals surface area contributed by atoms with E-state index in [9.17, 15) is 4.79 Å². The van der Waals surface area contributed by atoms with Gasteiger partial charge < -0.3 is 4.90 Å². The Morgan fingerprint density at radius 1 is 1.47 bits per heavy atom. The monoisotopic (exact) mass is 222 g/mol. The quantitative estimate of drug-likeness (QED) is 0.682. The molecule has 1 amide bonds. The molecule has 1 aliphatic heterocycles. The predicted molar refractivity (Wildman–Crippen MR) is 58.9 cm³/mol. The van der Waals surface area contributed by atoms with E-state index in [-0.39, 0.29) is 5.91 Å². The van der Waals surface area contributed by atoms with E-state index < -0.39 is 0 Å². The van der Waals surface area contributed by atoms with Crippen LogP contribution in [0.25, 0.3) is 0 Å². The Hall–Kier alpha value is -1.35. The standard InChI is InChI=1S/C11H11ClN2O/c12-10-8-13-5-4-9(10)11(15)14-6-2-1-3-7-14/h1-2,4-5,8H,3,6-7H2. The topological polar surface area (TPSA) is 33.2 Å². The van der Waals surface area contributed by atoms with Gasteiger partial charge in [0.25, 0.3) is 5.91 Å². The molecule has 15 heavy (non-hydrogen) atoms. The average molecular weight is 223 g/mol. The minimum atomic E-state index is -0.0215. The van der Waals surface area contributed by atoms with Crippen LogP contribution in [0, 0.1) is 0 Å². The maximum absolute atomic E-state index is 12.0. The zero-order chi connectivity index (χ0) is 10.7. The molecule has 78 valence electrons. The largest absolute Gasteiger partial charge is 0.335 e. The Morgan fingerprint density at radius 2 is 2.33 bits per heavy atom. The number of halogens is 1. The third-order valence-corrected chi connectivity index (χ3v) is 2.65. The highest BCUT2D eigenvalue weighted by Gasteiger charge is 2.17. The van der Waals surface area contributed by atoms with Crippen LogP contribution in [-0.4, -0.2) is 28.9 Å². The second-order valence-corrected chi connectivity index (χ2v) is 3.77. The summed E-state index contributed by atoms with van der Waals surface area (Å²) in [6.45, 7) is 1.42. The molecule has 1 aromatic rings. The van der Waals surface area contributed by atoms with Crippen LogP contribution in [0.2, 0.25) is 5.02 Å². The van der Waals surface area contributed by atoms with E-state index in [2.05, 4.69) is 11.1 Å². The van der Waals surface area contributed by atoms with E-state index in [4.69, 9.17) is 11.6 Å². The number of aromatic nitrogens is 1. The minimum Gasteiger partial charge on any atom is -0.335 e. The summed E-state index contributed by atoms with van der Waals surface area (Å²) >= 11 is 5.91. The number of pyridine rings is 1. The zero-order valence-electron chi connectivity index (χ0n) is 8.19. The van der Waals surface area contributed by atoms with Gasteiger partial charge in [0, 0.05) is 25.5 Å². The third-order valence-electron chi connectivity index (χ3n) is 2.35. The second kappa shape index (κ2) is 4.45. The molecule has 0 saturated heterocycles. The van der Waals surface area contributed by atoms with Crippen LogP contribution in [0.5, 0.6) is 0 Å². The Balaban J connectivity index is 2.20. The van der Waals surface area contributed by atoms with E-state index >= 15 is 0 Å². The van der Waals surface area contributed by atoms with Gasteiger partial charge >= 0.3 is 0 Å². The first-order chi connectivity index (χ1) is 7.29. The molecule has 2 heterocycles. The van der Waals surface area contributed by atoms with Crippen molar-refractivity contribution in [2.45, 2.75) is 6.42 Å². The molecule has 0 N–H and O–H groups in total. The lowest BCUT2D eigenvalue weighted by Gasteiger charge is -2.23. The van der Waals surface area contributed by atoms with E-state index in [1.54, 1.807) is 17.2 Å². The summed E-state index contributed by atoms with van der Waals surface area (Å²) in [7, 11) is 0. The molecule has 0 bridgehead atoms. The van der Waals surface area contributed by atoms with Gasteiger partial charge in [-0.15, -0.1) is 0 Å². The van der Waals surface area contributed by atoms with Gasteiger partial charge in [0.1, 0.15) is 0 Å². The van der Waals surface area contributed by atoms with Gasteiger partial charge in [-0.3, -0.25) is 9.78 Å². The van der Waals surface area contributed by atoms with Gasteiger partial charge in [0.2, 0.25) is 0 Å². The van der Waals surface area contributed by atoms with Crippen molar-refractivity contribution in [3.63, 3.8) is 0 Å². The van der Waals surface area contributed by atoms with Gasteiger partial charge in [-0.25, -0.2) is 0 Å². The fourth-order valence-electron chi connectivity index (χ4n) is 1.54. The fourth-order valence-corrected chi connectivity index (χ4v) is 1.74. The normalized spacial score (nSPS) is 15.4. The average Bonchev–Trinajstić information content (AvgIpc) is 2.30. The maximum Gasteiger partial charge on any atom is 0.255 e. The number of carbonyl (C=O) groups excluding carboxylic acids is 1. The van der Waals surface area contributed by atoms with Crippen LogP contribution in [0.1, 0.15) is 16.8 Å². The Bertz CT molecular complexity index is 403. The first-order valence-electron chi connectivity index (χ1n) is 4.83. The van der Waals surface area contributed by atoms with E-state index in [1.165, 1.54) is 6.20 Å². The molecule has 0 atom stereocenters. The van der Waals surface area contributed by atoms with E-state index in [1.807, 2.05) is 6.08 Å². The predicted octanol–water partition coefficient (Wildman–Crippen LogP) is 2.14. The molecule has 0 saturated carbocycles. The van der Waals surface area contributed by atoms with Crippen molar-refractivity contribution in [1.82, 2.24) is 9.88 Å². The van der Waals surface area contributed by atoms with Gasteiger partial charge in [-0.05, 0) is 12.5 Å². The Kier molecular flexibility index (Phi) is 3.02. The number of amides is 1. The lowest BCUT2D eigenvalue weighted by atomic mass is 10.2. The molecule has 0 aromatic carbocycles. The first-order valence-corrected chi connectivity index (χ1v) is 5.20. The van der Waals surface area contributed by atoms with Gasteiger partial charge in [0.05, 0.1) is 10.6 Å². The summed E-state index contributed by atoms with van der Waals surface area (Å²) in [6.07, 6.45) is 8.07. The molecule has 1 aliphatic rings. The van der Waals surface area contributed by atoms with Crippen LogP contribution in [-0.2, 0) is 0 Å². The summed E-state index contributed by atoms with van der Waals surface area (Å²) in [4.78, 5) is 17.6. The highest BCUT2D eigenvalue weighted by molar-refractivity contribution is 6.33. The lowest BCUT2D eigenvalue weighted by Crippen LogP contribution is -2.33. The van der Waals surface area contributed by atoms with Gasteiger partial charge in [-0.2, -0.15) is 0 Å². The number of hydrogen-bond donors (Lipinski definition) is 0. The minimum absolute atomic E-state index is 0.0215. The molecule has 0 fully saturated rings. The molecule has 0 radical (unpaired) electrons. The smallest absolute Gasteiger partial charge is 0.255 e. The van der Waals surface area contributed by atoms with Crippen molar-refractivity contribution in [3.8, 4) is 0 Å². The highest BCUT2D eigenvalue weighted by atomic mass is 35.5. The summed E-state index contributed by atoms with van der Waals surface area (Å²) in [5.74, 6) is -0.0215. The molecule has 1 aromatic heterocycles. The van der Waals surface area contributed by atoms with Crippen LogP contribution in [0.4, 0.5) is 0 Å². The van der Waals surface area contributed by atoms with Crippen molar-refractivity contribution in [1.29, 1.82) is 0 Å². The number of rotatable bonds is 1. The number of hydrogen-bond acceptors (Lipinski definition) is 2. The lowest BCUT2D eigenvalue weighted by molar-refractivity contribution is 0.0771. The van der Waals surface area contributed by atoms with Crippen molar-refractivity contribution >= 4 is 17.5 Å².